The predicted molar refractivity (Wildman–Crippen MR) is 60.4 cm³/mol. The van der Waals surface area contributed by atoms with Crippen molar-refractivity contribution in [2.24, 2.45) is 5.73 Å². The van der Waals surface area contributed by atoms with Gasteiger partial charge in [0.05, 0.1) is 6.61 Å². The minimum Gasteiger partial charge on any atom is -0.394 e. The lowest BCUT2D eigenvalue weighted by Gasteiger charge is -2.13. The number of aliphatic hydroxyl groups excluding tert-OH is 1. The van der Waals surface area contributed by atoms with E-state index in [4.69, 9.17) is 10.8 Å². The molecule has 15 heavy (non-hydrogen) atoms. The van der Waals surface area contributed by atoms with Crippen LogP contribution in [0.5, 0.6) is 0 Å². The molecule has 0 aromatic heterocycles. The number of carbonyl (C=O) groups excluding carboxylic acids is 1. The van der Waals surface area contributed by atoms with Gasteiger partial charge in [-0.2, -0.15) is 0 Å². The summed E-state index contributed by atoms with van der Waals surface area (Å²) in [4.78, 5) is 11.3. The maximum Gasteiger partial charge on any atom is 0.239 e. The van der Waals surface area contributed by atoms with E-state index >= 15 is 0 Å². The van der Waals surface area contributed by atoms with Gasteiger partial charge in [0.1, 0.15) is 6.04 Å². The molecule has 0 rings (SSSR count). The van der Waals surface area contributed by atoms with E-state index in [0.717, 1.165) is 19.3 Å². The van der Waals surface area contributed by atoms with E-state index in [-0.39, 0.29) is 18.6 Å². The van der Waals surface area contributed by atoms with Crippen molar-refractivity contribution in [3.63, 3.8) is 0 Å². The van der Waals surface area contributed by atoms with Crippen LogP contribution in [0.15, 0.2) is 0 Å². The van der Waals surface area contributed by atoms with Crippen molar-refractivity contribution in [1.82, 2.24) is 10.6 Å². The SMILES string of the molecule is CN[C@@H](CO)C(=O)NCCCC[C@@H](C)N. The number of unbranched alkanes of at least 4 members (excludes halogenated alkanes) is 1. The van der Waals surface area contributed by atoms with Crippen molar-refractivity contribution in [2.45, 2.75) is 38.3 Å². The van der Waals surface area contributed by atoms with E-state index in [9.17, 15) is 4.79 Å². The molecule has 0 heterocycles. The Labute approximate surface area is 91.4 Å². The molecule has 0 aliphatic carbocycles. The Morgan fingerprint density at radius 2 is 2.13 bits per heavy atom. The van der Waals surface area contributed by atoms with Gasteiger partial charge in [-0.3, -0.25) is 4.79 Å². The zero-order valence-corrected chi connectivity index (χ0v) is 9.62. The number of likely N-dealkylation sites (N-methyl/N-ethyl adjacent to an activating group) is 1. The van der Waals surface area contributed by atoms with Crippen LogP contribution in [0.25, 0.3) is 0 Å². The van der Waals surface area contributed by atoms with E-state index in [2.05, 4.69) is 10.6 Å². The molecule has 0 aliphatic heterocycles. The summed E-state index contributed by atoms with van der Waals surface area (Å²) in [6.07, 6.45) is 2.92. The van der Waals surface area contributed by atoms with Gasteiger partial charge in [0.25, 0.3) is 0 Å². The molecule has 0 radical (unpaired) electrons. The second kappa shape index (κ2) is 8.64. The van der Waals surface area contributed by atoms with Gasteiger partial charge in [0.2, 0.25) is 5.91 Å². The number of hydrogen-bond donors (Lipinski definition) is 4. The lowest BCUT2D eigenvalue weighted by molar-refractivity contribution is -0.123. The molecule has 0 unspecified atom stereocenters. The van der Waals surface area contributed by atoms with Crippen LogP contribution >= 0.6 is 0 Å². The first-order valence-corrected chi connectivity index (χ1v) is 5.43. The summed E-state index contributed by atoms with van der Waals surface area (Å²) in [5.74, 6) is -0.152. The highest BCUT2D eigenvalue weighted by Crippen LogP contribution is 1.96. The van der Waals surface area contributed by atoms with Crippen molar-refractivity contribution in [3.05, 3.63) is 0 Å². The smallest absolute Gasteiger partial charge is 0.239 e. The van der Waals surface area contributed by atoms with Gasteiger partial charge < -0.3 is 21.5 Å². The highest BCUT2D eigenvalue weighted by Gasteiger charge is 2.13. The lowest BCUT2D eigenvalue weighted by atomic mass is 10.1. The van der Waals surface area contributed by atoms with E-state index in [1.54, 1.807) is 7.05 Å². The average molecular weight is 217 g/mol. The Kier molecular flexibility index (Phi) is 8.27. The van der Waals surface area contributed by atoms with Gasteiger partial charge >= 0.3 is 0 Å². The van der Waals surface area contributed by atoms with Crippen LogP contribution in [-0.4, -0.2) is 43.3 Å². The molecule has 5 heteroatoms. The van der Waals surface area contributed by atoms with Gasteiger partial charge in [-0.1, -0.05) is 6.42 Å². The Hall–Kier alpha value is -0.650. The highest BCUT2D eigenvalue weighted by atomic mass is 16.3. The first-order chi connectivity index (χ1) is 7.11. The summed E-state index contributed by atoms with van der Waals surface area (Å²) >= 11 is 0. The largest absolute Gasteiger partial charge is 0.394 e. The molecule has 5 nitrogen and oxygen atoms in total. The van der Waals surface area contributed by atoms with Gasteiger partial charge in [-0.05, 0) is 26.8 Å². The fourth-order valence-electron chi connectivity index (χ4n) is 1.23. The number of nitrogens with two attached hydrogens (primary N) is 1. The van der Waals surface area contributed by atoms with Crippen molar-refractivity contribution >= 4 is 5.91 Å². The van der Waals surface area contributed by atoms with Gasteiger partial charge in [0.15, 0.2) is 0 Å². The zero-order valence-electron chi connectivity index (χ0n) is 9.62. The maximum atomic E-state index is 11.3. The molecule has 0 saturated heterocycles. The second-order valence-corrected chi connectivity index (χ2v) is 3.79. The summed E-state index contributed by atoms with van der Waals surface area (Å²) < 4.78 is 0. The van der Waals surface area contributed by atoms with Crippen LogP contribution in [0, 0.1) is 0 Å². The molecule has 90 valence electrons. The first-order valence-electron chi connectivity index (χ1n) is 5.43. The van der Waals surface area contributed by atoms with Gasteiger partial charge in [0, 0.05) is 12.6 Å². The van der Waals surface area contributed by atoms with E-state index in [1.807, 2.05) is 6.92 Å². The van der Waals surface area contributed by atoms with Crippen LogP contribution in [0.2, 0.25) is 0 Å². The quantitative estimate of drug-likeness (QED) is 0.401. The molecule has 2 atom stereocenters. The molecular formula is C10H23N3O2. The van der Waals surface area contributed by atoms with E-state index in [0.29, 0.717) is 6.54 Å². The minimum absolute atomic E-state index is 0.152. The number of nitrogens with one attached hydrogen (secondary N) is 2. The van der Waals surface area contributed by atoms with Gasteiger partial charge in [-0.25, -0.2) is 0 Å². The van der Waals surface area contributed by atoms with Crippen LogP contribution < -0.4 is 16.4 Å². The highest BCUT2D eigenvalue weighted by molar-refractivity contribution is 5.81. The van der Waals surface area contributed by atoms with Crippen LogP contribution in [-0.2, 0) is 4.79 Å². The standard InChI is InChI=1S/C10H23N3O2/c1-8(11)5-3-4-6-13-10(15)9(7-14)12-2/h8-9,12,14H,3-7,11H2,1-2H3,(H,13,15)/t8-,9+/m1/s1. The maximum absolute atomic E-state index is 11.3. The molecule has 0 aromatic carbocycles. The molecule has 0 saturated carbocycles. The van der Waals surface area contributed by atoms with Crippen molar-refractivity contribution < 1.29 is 9.90 Å². The molecule has 5 N–H and O–H groups in total. The predicted octanol–water partition coefficient (Wildman–Crippen LogP) is -0.800. The Bertz CT molecular complexity index is 170. The summed E-state index contributed by atoms with van der Waals surface area (Å²) in [7, 11) is 1.65. The summed E-state index contributed by atoms with van der Waals surface area (Å²) in [6, 6.07) is -0.276. The molecule has 0 aliphatic rings. The molecule has 0 spiro atoms. The third kappa shape index (κ3) is 7.30. The number of aliphatic hydroxyl groups is 1. The molecular weight excluding hydrogens is 194 g/mol. The number of carbonyl (C=O) groups is 1. The van der Waals surface area contributed by atoms with E-state index in [1.165, 1.54) is 0 Å². The van der Waals surface area contributed by atoms with Crippen LogP contribution in [0.1, 0.15) is 26.2 Å². The third-order valence-corrected chi connectivity index (χ3v) is 2.23. The first kappa shape index (κ1) is 14.3. The normalized spacial score (nSPS) is 14.7. The van der Waals surface area contributed by atoms with Gasteiger partial charge in [-0.15, -0.1) is 0 Å². The summed E-state index contributed by atoms with van der Waals surface area (Å²) in [5.41, 5.74) is 5.60. The number of amides is 1. The summed E-state index contributed by atoms with van der Waals surface area (Å²) in [5, 5.41) is 14.3. The number of hydrogen-bond acceptors (Lipinski definition) is 4. The minimum atomic E-state index is -0.501. The Morgan fingerprint density at radius 3 is 2.60 bits per heavy atom. The fraction of sp³-hybridized carbons (Fsp3) is 0.900. The van der Waals surface area contributed by atoms with Crippen molar-refractivity contribution in [1.29, 1.82) is 0 Å². The molecule has 0 bridgehead atoms. The number of rotatable bonds is 8. The summed E-state index contributed by atoms with van der Waals surface area (Å²) in [6.45, 7) is 2.44. The molecule has 1 amide bonds. The topological polar surface area (TPSA) is 87.4 Å². The fourth-order valence-corrected chi connectivity index (χ4v) is 1.23. The van der Waals surface area contributed by atoms with Crippen LogP contribution in [0.4, 0.5) is 0 Å². The molecule has 0 aromatic rings. The van der Waals surface area contributed by atoms with Crippen LogP contribution in [0.3, 0.4) is 0 Å². The lowest BCUT2D eigenvalue weighted by Crippen LogP contribution is -2.45. The Morgan fingerprint density at radius 1 is 1.47 bits per heavy atom. The second-order valence-electron chi connectivity index (χ2n) is 3.79. The van der Waals surface area contributed by atoms with Crippen molar-refractivity contribution in [3.8, 4) is 0 Å². The average Bonchev–Trinajstić information content (AvgIpc) is 2.18. The van der Waals surface area contributed by atoms with E-state index < -0.39 is 6.04 Å². The Balaban J connectivity index is 3.46. The zero-order chi connectivity index (χ0) is 11.7. The van der Waals surface area contributed by atoms with Crippen molar-refractivity contribution in [2.75, 3.05) is 20.2 Å². The third-order valence-electron chi connectivity index (χ3n) is 2.23. The molecule has 0 fully saturated rings. The monoisotopic (exact) mass is 217 g/mol.